The zero-order valence-corrected chi connectivity index (χ0v) is 5.85. The highest BCUT2D eigenvalue weighted by atomic mass is 15.0. The van der Waals surface area contributed by atoms with Crippen LogP contribution < -0.4 is 0 Å². The molecule has 1 saturated heterocycles. The summed E-state index contributed by atoms with van der Waals surface area (Å²) >= 11 is 0. The molecule has 1 heterocycles. The molecule has 0 aromatic heterocycles. The monoisotopic (exact) mass is 109 g/mol. The van der Waals surface area contributed by atoms with Crippen LogP contribution in [0, 0.1) is 0 Å². The molecule has 0 bridgehead atoms. The van der Waals surface area contributed by atoms with Crippen molar-refractivity contribution in [2.45, 2.75) is 18.7 Å². The molecule has 0 N–H and O–H groups in total. The number of hydrogen-bond acceptors (Lipinski definition) is 1. The Morgan fingerprint density at radius 2 is 1.75 bits per heavy atom. The van der Waals surface area contributed by atoms with Crippen molar-refractivity contribution < 1.29 is 0 Å². The molecule has 1 aliphatic heterocycles. The Bertz CT molecular complexity index is 58.8. The summed E-state index contributed by atoms with van der Waals surface area (Å²) < 4.78 is 0. The van der Waals surface area contributed by atoms with Gasteiger partial charge in [0, 0.05) is 0 Å². The predicted octanol–water partition coefficient (Wildman–Crippen LogP) is -0.948. The van der Waals surface area contributed by atoms with E-state index < -0.39 is 0 Å². The van der Waals surface area contributed by atoms with Gasteiger partial charge in [0.2, 0.25) is 0 Å². The fourth-order valence-electron chi connectivity index (χ4n) is 1.14. The zero-order chi connectivity index (χ0) is 5.98. The second kappa shape index (κ2) is 2.58. The molecule has 0 radical (unpaired) electrons. The Morgan fingerprint density at radius 3 is 2.12 bits per heavy atom. The Kier molecular flexibility index (Phi) is 2.01. The van der Waals surface area contributed by atoms with Gasteiger partial charge in [-0.3, -0.25) is 0 Å². The lowest BCUT2D eigenvalue weighted by atomic mass is 9.79. The molecule has 1 rings (SSSR count). The fourth-order valence-corrected chi connectivity index (χ4v) is 1.14. The zero-order valence-electron chi connectivity index (χ0n) is 5.85. The molecule has 0 atom stereocenters. The fraction of sp³-hybridized carbons (Fsp3) is 1.00. The summed E-state index contributed by atoms with van der Waals surface area (Å²) in [6.45, 7) is 2.61. The Balaban J connectivity index is 2.19. The van der Waals surface area contributed by atoms with E-state index in [1.165, 1.54) is 25.9 Å². The van der Waals surface area contributed by atoms with Crippen molar-refractivity contribution in [2.75, 3.05) is 13.1 Å². The van der Waals surface area contributed by atoms with Gasteiger partial charge in [-0.1, -0.05) is 5.82 Å². The molecule has 1 nitrogen and oxygen atoms in total. The standard InChI is InChI=1S/C5H13B2N/c6-5-1-3-8(7)4-2-5/h5H,1-4,6-7H2. The van der Waals surface area contributed by atoms with E-state index >= 15 is 0 Å². The summed E-state index contributed by atoms with van der Waals surface area (Å²) in [4.78, 5) is 2.40. The minimum atomic E-state index is 0.978. The van der Waals surface area contributed by atoms with Crippen LogP contribution in [-0.4, -0.2) is 33.7 Å². The average Bonchev–Trinajstić information content (AvgIpc) is 1.77. The van der Waals surface area contributed by atoms with Crippen molar-refractivity contribution in [3.63, 3.8) is 0 Å². The van der Waals surface area contributed by atoms with Crippen molar-refractivity contribution >= 4 is 15.8 Å². The van der Waals surface area contributed by atoms with Crippen LogP contribution in [0.25, 0.3) is 0 Å². The van der Waals surface area contributed by atoms with Gasteiger partial charge in [0.1, 0.15) is 7.85 Å². The van der Waals surface area contributed by atoms with Crippen LogP contribution >= 0.6 is 0 Å². The van der Waals surface area contributed by atoms with Crippen molar-refractivity contribution in [1.82, 2.24) is 4.81 Å². The summed E-state index contributed by atoms with van der Waals surface area (Å²) in [6, 6.07) is 0. The maximum absolute atomic E-state index is 2.40. The number of piperidine rings is 1. The molecule has 8 heavy (non-hydrogen) atoms. The number of rotatable bonds is 0. The van der Waals surface area contributed by atoms with Crippen LogP contribution in [0.1, 0.15) is 12.8 Å². The largest absolute Gasteiger partial charge is 0.349 e. The normalized spacial score (nSPS) is 26.0. The van der Waals surface area contributed by atoms with Crippen molar-refractivity contribution in [1.29, 1.82) is 0 Å². The molecule has 0 unspecified atom stereocenters. The maximum Gasteiger partial charge on any atom is 0.185 e. The molecule has 1 fully saturated rings. The summed E-state index contributed by atoms with van der Waals surface area (Å²) in [5.74, 6) is 0.978. The second-order valence-electron chi connectivity index (χ2n) is 2.99. The first-order valence-electron chi connectivity index (χ1n) is 3.47. The highest BCUT2D eigenvalue weighted by Gasteiger charge is 2.10. The predicted molar refractivity (Wildman–Crippen MR) is 41.6 cm³/mol. The smallest absolute Gasteiger partial charge is 0.185 e. The highest BCUT2D eigenvalue weighted by Crippen LogP contribution is 2.16. The molecule has 0 amide bonds. The van der Waals surface area contributed by atoms with E-state index in [9.17, 15) is 0 Å². The third-order valence-corrected chi connectivity index (χ3v) is 2.01. The molecule has 1 aliphatic rings. The Hall–Kier alpha value is 0.0899. The van der Waals surface area contributed by atoms with Crippen LogP contribution in [-0.2, 0) is 0 Å². The van der Waals surface area contributed by atoms with E-state index in [1.54, 1.807) is 0 Å². The molecule has 0 spiro atoms. The molecule has 44 valence electrons. The van der Waals surface area contributed by atoms with E-state index in [0.717, 1.165) is 5.82 Å². The number of nitrogens with zero attached hydrogens (tertiary/aromatic N) is 1. The molecule has 0 aliphatic carbocycles. The Morgan fingerprint density at radius 1 is 1.25 bits per heavy atom. The molecular formula is C5H13B2N. The topological polar surface area (TPSA) is 3.24 Å². The van der Waals surface area contributed by atoms with Crippen molar-refractivity contribution in [2.24, 2.45) is 0 Å². The van der Waals surface area contributed by atoms with E-state index in [1.807, 2.05) is 0 Å². The van der Waals surface area contributed by atoms with E-state index in [4.69, 9.17) is 0 Å². The van der Waals surface area contributed by atoms with E-state index in [2.05, 4.69) is 20.6 Å². The highest BCUT2D eigenvalue weighted by molar-refractivity contribution is 6.12. The van der Waals surface area contributed by atoms with Gasteiger partial charge in [0.15, 0.2) is 7.98 Å². The van der Waals surface area contributed by atoms with Gasteiger partial charge >= 0.3 is 0 Å². The maximum atomic E-state index is 2.40. The molecule has 0 aromatic carbocycles. The van der Waals surface area contributed by atoms with Gasteiger partial charge in [0.25, 0.3) is 0 Å². The lowest BCUT2D eigenvalue weighted by molar-refractivity contribution is 0.368. The van der Waals surface area contributed by atoms with E-state index in [0.29, 0.717) is 0 Å². The van der Waals surface area contributed by atoms with Crippen molar-refractivity contribution in [3.05, 3.63) is 0 Å². The molecule has 3 heteroatoms. The molecular weight excluding hydrogens is 95.7 g/mol. The van der Waals surface area contributed by atoms with E-state index in [-0.39, 0.29) is 0 Å². The van der Waals surface area contributed by atoms with Crippen LogP contribution in [0.4, 0.5) is 0 Å². The first kappa shape index (κ1) is 6.21. The third kappa shape index (κ3) is 1.55. The third-order valence-electron chi connectivity index (χ3n) is 2.01. The first-order chi connectivity index (χ1) is 3.79. The van der Waals surface area contributed by atoms with Gasteiger partial charge in [0.05, 0.1) is 0 Å². The van der Waals surface area contributed by atoms with Gasteiger partial charge < -0.3 is 4.81 Å². The van der Waals surface area contributed by atoms with Gasteiger partial charge in [-0.25, -0.2) is 0 Å². The number of hydrogen-bond donors (Lipinski definition) is 0. The van der Waals surface area contributed by atoms with Crippen LogP contribution in [0.5, 0.6) is 0 Å². The van der Waals surface area contributed by atoms with Crippen LogP contribution in [0.2, 0.25) is 5.82 Å². The summed E-state index contributed by atoms with van der Waals surface area (Å²) in [5.41, 5.74) is 0. The minimum Gasteiger partial charge on any atom is -0.349 e. The van der Waals surface area contributed by atoms with Gasteiger partial charge in [-0.15, -0.1) is 0 Å². The molecule has 0 saturated carbocycles. The van der Waals surface area contributed by atoms with Crippen molar-refractivity contribution in [3.8, 4) is 0 Å². The van der Waals surface area contributed by atoms with Crippen LogP contribution in [0.3, 0.4) is 0 Å². The second-order valence-corrected chi connectivity index (χ2v) is 2.99. The minimum absolute atomic E-state index is 0.978. The summed E-state index contributed by atoms with van der Waals surface area (Å²) in [7, 11) is 4.54. The lowest BCUT2D eigenvalue weighted by Crippen LogP contribution is -2.29. The SMILES string of the molecule is BC1CCN(B)CC1. The van der Waals surface area contributed by atoms with Gasteiger partial charge in [-0.2, -0.15) is 0 Å². The lowest BCUT2D eigenvalue weighted by Gasteiger charge is -2.26. The summed E-state index contributed by atoms with van der Waals surface area (Å²) in [6.07, 6.45) is 2.80. The summed E-state index contributed by atoms with van der Waals surface area (Å²) in [5, 5.41) is 0. The van der Waals surface area contributed by atoms with Crippen LogP contribution in [0.15, 0.2) is 0 Å². The quantitative estimate of drug-likeness (QED) is 0.362. The molecule has 0 aromatic rings. The average molecular weight is 109 g/mol. The first-order valence-corrected chi connectivity index (χ1v) is 3.47. The Labute approximate surface area is 53.3 Å². The van der Waals surface area contributed by atoms with Gasteiger partial charge in [-0.05, 0) is 25.9 Å².